The molecule has 0 bridgehead atoms. The highest BCUT2D eigenvalue weighted by molar-refractivity contribution is 6.52. The van der Waals surface area contributed by atoms with Gasteiger partial charge in [-0.1, -0.05) is 18.2 Å². The van der Waals surface area contributed by atoms with Crippen LogP contribution >= 0.6 is 23.2 Å². The molecule has 1 aromatic carbocycles. The summed E-state index contributed by atoms with van der Waals surface area (Å²) in [6.07, 6.45) is 0.553. The van der Waals surface area contributed by atoms with E-state index in [0.29, 0.717) is 13.0 Å². The van der Waals surface area contributed by atoms with Crippen molar-refractivity contribution in [1.29, 1.82) is 0 Å². The van der Waals surface area contributed by atoms with Crippen molar-refractivity contribution in [2.24, 2.45) is 5.92 Å². The Morgan fingerprint density at radius 3 is 2.53 bits per heavy atom. The maximum Gasteiger partial charge on any atom is 0.233 e. The third-order valence-corrected chi connectivity index (χ3v) is 3.95. The summed E-state index contributed by atoms with van der Waals surface area (Å²) in [5.74, 6) is -0.239. The van der Waals surface area contributed by atoms with E-state index in [1.807, 2.05) is 38.1 Å². The molecule has 0 saturated heterocycles. The first-order valence-electron chi connectivity index (χ1n) is 5.72. The number of hydrogen-bond donors (Lipinski definition) is 0. The number of hydrogen-bond acceptors (Lipinski definition) is 1. The van der Waals surface area contributed by atoms with Gasteiger partial charge in [0.15, 0.2) is 0 Å². The lowest BCUT2D eigenvalue weighted by Gasteiger charge is -2.23. The summed E-state index contributed by atoms with van der Waals surface area (Å²) >= 11 is 11.9. The molecule has 17 heavy (non-hydrogen) atoms. The van der Waals surface area contributed by atoms with Gasteiger partial charge in [-0.3, -0.25) is 4.79 Å². The van der Waals surface area contributed by atoms with Gasteiger partial charge in [0.1, 0.15) is 4.33 Å². The fourth-order valence-electron chi connectivity index (χ4n) is 1.98. The molecule has 0 N–H and O–H groups in total. The molecule has 0 spiro atoms. The smallest absolute Gasteiger partial charge is 0.233 e. The van der Waals surface area contributed by atoms with Gasteiger partial charge < -0.3 is 4.90 Å². The number of rotatable bonds is 3. The van der Waals surface area contributed by atoms with Crippen LogP contribution in [0.3, 0.4) is 0 Å². The number of benzene rings is 1. The van der Waals surface area contributed by atoms with E-state index >= 15 is 0 Å². The number of carbonyl (C=O) groups is 1. The SMILES string of the molecule is CCN(C(=O)C1CC1(Cl)Cl)c1ccccc1C. The quantitative estimate of drug-likeness (QED) is 0.771. The third kappa shape index (κ3) is 2.43. The van der Waals surface area contributed by atoms with Crippen molar-refractivity contribution < 1.29 is 4.79 Å². The number of amides is 1. The summed E-state index contributed by atoms with van der Waals surface area (Å²) in [5.41, 5.74) is 2.02. The summed E-state index contributed by atoms with van der Waals surface area (Å²) in [6.45, 7) is 4.58. The fourth-order valence-corrected chi connectivity index (χ4v) is 2.48. The highest BCUT2D eigenvalue weighted by atomic mass is 35.5. The lowest BCUT2D eigenvalue weighted by atomic mass is 10.1. The van der Waals surface area contributed by atoms with Crippen molar-refractivity contribution >= 4 is 34.8 Å². The van der Waals surface area contributed by atoms with Crippen molar-refractivity contribution in [3.63, 3.8) is 0 Å². The van der Waals surface area contributed by atoms with Crippen LogP contribution in [0, 0.1) is 12.8 Å². The number of carbonyl (C=O) groups excluding carboxylic acids is 1. The zero-order chi connectivity index (χ0) is 12.6. The van der Waals surface area contributed by atoms with Crippen LogP contribution < -0.4 is 4.90 Å². The second-order valence-corrected chi connectivity index (χ2v) is 5.93. The Hall–Kier alpha value is -0.730. The molecule has 1 amide bonds. The number of alkyl halides is 2. The Balaban J connectivity index is 2.23. The van der Waals surface area contributed by atoms with Crippen molar-refractivity contribution in [3.8, 4) is 0 Å². The van der Waals surface area contributed by atoms with Crippen LogP contribution in [0.4, 0.5) is 5.69 Å². The Bertz CT molecular complexity index is 445. The average Bonchev–Trinajstić information content (AvgIpc) is 2.91. The first-order chi connectivity index (χ1) is 7.97. The van der Waals surface area contributed by atoms with Crippen LogP contribution in [0.25, 0.3) is 0 Å². The normalized spacial score (nSPS) is 21.1. The molecule has 1 fully saturated rings. The first-order valence-corrected chi connectivity index (χ1v) is 6.48. The van der Waals surface area contributed by atoms with Crippen LogP contribution in [0.2, 0.25) is 0 Å². The van der Waals surface area contributed by atoms with Crippen LogP contribution in [0.1, 0.15) is 18.9 Å². The van der Waals surface area contributed by atoms with Gasteiger partial charge in [0.2, 0.25) is 5.91 Å². The minimum absolute atomic E-state index is 0.0202. The Kier molecular flexibility index (Phi) is 3.37. The van der Waals surface area contributed by atoms with Crippen LogP contribution in [0.5, 0.6) is 0 Å². The van der Waals surface area contributed by atoms with Crippen molar-refractivity contribution in [2.45, 2.75) is 24.6 Å². The highest BCUT2D eigenvalue weighted by Crippen LogP contribution is 2.54. The van der Waals surface area contributed by atoms with Gasteiger partial charge in [0.25, 0.3) is 0 Å². The van der Waals surface area contributed by atoms with Gasteiger partial charge in [-0.15, -0.1) is 23.2 Å². The Labute approximate surface area is 112 Å². The summed E-state index contributed by atoms with van der Waals surface area (Å²) in [6, 6.07) is 7.83. The molecular weight excluding hydrogens is 257 g/mol. The van der Waals surface area contributed by atoms with E-state index in [1.165, 1.54) is 0 Å². The highest BCUT2D eigenvalue weighted by Gasteiger charge is 2.57. The molecule has 0 aliphatic heterocycles. The minimum Gasteiger partial charge on any atom is -0.312 e. The lowest BCUT2D eigenvalue weighted by Crippen LogP contribution is -2.33. The van der Waals surface area contributed by atoms with E-state index in [2.05, 4.69) is 0 Å². The Morgan fingerprint density at radius 1 is 1.47 bits per heavy atom. The summed E-state index contributed by atoms with van der Waals surface area (Å²) < 4.78 is -0.854. The predicted octanol–water partition coefficient (Wildman–Crippen LogP) is 3.54. The third-order valence-electron chi connectivity index (χ3n) is 3.11. The standard InChI is InChI=1S/C13H15Cl2NO/c1-3-16(11-7-5-4-6-9(11)2)12(17)10-8-13(10,14)15/h4-7,10H,3,8H2,1-2H3. The van der Waals surface area contributed by atoms with E-state index in [9.17, 15) is 4.79 Å². The van der Waals surface area contributed by atoms with Crippen LogP contribution in [-0.4, -0.2) is 16.8 Å². The Morgan fingerprint density at radius 2 is 2.06 bits per heavy atom. The zero-order valence-corrected chi connectivity index (χ0v) is 11.4. The first kappa shape index (κ1) is 12.7. The number of aryl methyl sites for hydroxylation is 1. The molecule has 4 heteroatoms. The second kappa shape index (κ2) is 4.51. The molecule has 1 saturated carbocycles. The molecule has 0 radical (unpaired) electrons. The monoisotopic (exact) mass is 271 g/mol. The maximum atomic E-state index is 12.3. The number of halogens is 2. The fraction of sp³-hybridized carbons (Fsp3) is 0.462. The van der Waals surface area contributed by atoms with Crippen LogP contribution in [-0.2, 0) is 4.79 Å². The molecule has 92 valence electrons. The number of anilines is 1. The van der Waals surface area contributed by atoms with Crippen molar-refractivity contribution in [1.82, 2.24) is 0 Å². The molecule has 2 nitrogen and oxygen atoms in total. The van der Waals surface area contributed by atoms with Gasteiger partial charge >= 0.3 is 0 Å². The lowest BCUT2D eigenvalue weighted by molar-refractivity contribution is -0.119. The summed E-state index contributed by atoms with van der Waals surface area (Å²) in [7, 11) is 0. The van der Waals surface area contributed by atoms with Gasteiger partial charge in [0.05, 0.1) is 5.92 Å². The predicted molar refractivity (Wildman–Crippen MR) is 71.8 cm³/mol. The van der Waals surface area contributed by atoms with Crippen molar-refractivity contribution in [2.75, 3.05) is 11.4 Å². The van der Waals surface area contributed by atoms with E-state index in [1.54, 1.807) is 4.90 Å². The van der Waals surface area contributed by atoms with Crippen molar-refractivity contribution in [3.05, 3.63) is 29.8 Å². The molecule has 1 unspecified atom stereocenters. The molecule has 1 aromatic rings. The molecule has 1 atom stereocenters. The largest absolute Gasteiger partial charge is 0.312 e. The van der Waals surface area contributed by atoms with Gasteiger partial charge in [0, 0.05) is 12.2 Å². The molecule has 0 heterocycles. The topological polar surface area (TPSA) is 20.3 Å². The van der Waals surface area contributed by atoms with Gasteiger partial charge in [-0.25, -0.2) is 0 Å². The van der Waals surface area contributed by atoms with Gasteiger partial charge in [-0.2, -0.15) is 0 Å². The minimum atomic E-state index is -0.854. The molecule has 2 rings (SSSR count). The zero-order valence-electron chi connectivity index (χ0n) is 9.91. The maximum absolute atomic E-state index is 12.3. The summed E-state index contributed by atoms with van der Waals surface area (Å²) in [5, 5.41) is 0. The second-order valence-electron chi connectivity index (χ2n) is 4.39. The van der Waals surface area contributed by atoms with Crippen LogP contribution in [0.15, 0.2) is 24.3 Å². The van der Waals surface area contributed by atoms with E-state index in [4.69, 9.17) is 23.2 Å². The molecule has 0 aromatic heterocycles. The number of nitrogens with zero attached hydrogens (tertiary/aromatic N) is 1. The average molecular weight is 272 g/mol. The van der Waals surface area contributed by atoms with E-state index in [0.717, 1.165) is 11.3 Å². The molecular formula is C13H15Cl2NO. The number of para-hydroxylation sites is 1. The van der Waals surface area contributed by atoms with E-state index < -0.39 is 4.33 Å². The van der Waals surface area contributed by atoms with Gasteiger partial charge in [-0.05, 0) is 31.9 Å². The summed E-state index contributed by atoms with van der Waals surface area (Å²) in [4.78, 5) is 14.0. The molecule has 1 aliphatic rings. The van der Waals surface area contributed by atoms with E-state index in [-0.39, 0.29) is 11.8 Å². The molecule has 1 aliphatic carbocycles.